The maximum Gasteiger partial charge on any atom is 0.249 e. The molecule has 2 amide bonds. The van der Waals surface area contributed by atoms with Crippen molar-refractivity contribution in [1.82, 2.24) is 9.80 Å². The minimum atomic E-state index is -0.925. The number of piperazine rings is 1. The molecule has 3 aliphatic rings. The van der Waals surface area contributed by atoms with E-state index in [-0.39, 0.29) is 11.8 Å². The average molecular weight is 262 g/mol. The van der Waals surface area contributed by atoms with Crippen LogP contribution in [0.4, 0.5) is 0 Å². The van der Waals surface area contributed by atoms with Crippen molar-refractivity contribution < 1.29 is 19.8 Å². The van der Waals surface area contributed by atoms with Gasteiger partial charge in [-0.1, -0.05) is 0 Å². The van der Waals surface area contributed by atoms with E-state index in [2.05, 4.69) is 0 Å². The summed E-state index contributed by atoms with van der Waals surface area (Å²) in [7, 11) is 0. The molecule has 88 valence electrons. The van der Waals surface area contributed by atoms with Gasteiger partial charge in [0, 0.05) is 11.5 Å². The lowest BCUT2D eigenvalue weighted by Gasteiger charge is -2.39. The topological polar surface area (TPSA) is 81.1 Å². The predicted octanol–water partition coefficient (Wildman–Crippen LogP) is -1.56. The van der Waals surface area contributed by atoms with Crippen molar-refractivity contribution in [1.29, 1.82) is 0 Å². The highest BCUT2D eigenvalue weighted by Crippen LogP contribution is 2.38. The molecule has 8 heteroatoms. The minimum Gasteiger partial charge on any atom is -0.364 e. The van der Waals surface area contributed by atoms with Crippen LogP contribution in [-0.2, 0) is 9.59 Å². The molecule has 0 saturated carbocycles. The molecule has 6 nitrogen and oxygen atoms in total. The fraction of sp³-hybridized carbons (Fsp3) is 0.750. The Balaban J connectivity index is 1.97. The molecule has 0 aromatic carbocycles. The third kappa shape index (κ3) is 1.24. The van der Waals surface area contributed by atoms with Gasteiger partial charge in [-0.2, -0.15) is 0 Å². The van der Waals surface area contributed by atoms with E-state index in [0.29, 0.717) is 11.5 Å². The lowest BCUT2D eigenvalue weighted by atomic mass is 10.1. The van der Waals surface area contributed by atoms with Crippen LogP contribution in [0.25, 0.3) is 0 Å². The summed E-state index contributed by atoms with van der Waals surface area (Å²) in [6, 6.07) is -1.23. The molecule has 0 aromatic heterocycles. The Kier molecular flexibility index (Phi) is 2.36. The zero-order valence-corrected chi connectivity index (χ0v) is 9.78. The van der Waals surface area contributed by atoms with E-state index in [4.69, 9.17) is 0 Å². The second kappa shape index (κ2) is 3.52. The lowest BCUT2D eigenvalue weighted by molar-refractivity contribution is -0.168. The van der Waals surface area contributed by atoms with E-state index >= 15 is 0 Å². The van der Waals surface area contributed by atoms with Gasteiger partial charge in [-0.3, -0.25) is 19.4 Å². The summed E-state index contributed by atoms with van der Waals surface area (Å²) in [6.45, 7) is 0. The molecule has 0 bridgehead atoms. The van der Waals surface area contributed by atoms with Gasteiger partial charge in [-0.15, -0.1) is 23.5 Å². The van der Waals surface area contributed by atoms with Gasteiger partial charge in [0.25, 0.3) is 0 Å². The number of aliphatic hydroxyl groups is 2. The van der Waals surface area contributed by atoms with Crippen molar-refractivity contribution >= 4 is 35.3 Å². The first-order valence-electron chi connectivity index (χ1n) is 4.85. The molecule has 0 aliphatic carbocycles. The molecule has 3 rings (SSSR count). The molecule has 2 N–H and O–H groups in total. The molecule has 0 radical (unpaired) electrons. The normalized spacial score (nSPS) is 42.6. The Morgan fingerprint density at radius 1 is 0.938 bits per heavy atom. The summed E-state index contributed by atoms with van der Waals surface area (Å²) in [5, 5.41) is 19.3. The van der Waals surface area contributed by atoms with Gasteiger partial charge in [0.1, 0.15) is 12.1 Å². The van der Waals surface area contributed by atoms with Crippen LogP contribution in [0.1, 0.15) is 0 Å². The molecule has 0 spiro atoms. The summed E-state index contributed by atoms with van der Waals surface area (Å²) >= 11 is 2.35. The number of amides is 2. The molecular formula is C8H10N2O4S2. The summed E-state index contributed by atoms with van der Waals surface area (Å²) in [5.41, 5.74) is -1.85. The predicted molar refractivity (Wildman–Crippen MR) is 58.2 cm³/mol. The lowest BCUT2D eigenvalue weighted by Crippen LogP contribution is -2.64. The molecule has 3 fully saturated rings. The summed E-state index contributed by atoms with van der Waals surface area (Å²) < 4.78 is 0. The number of hydrogen-bond acceptors (Lipinski definition) is 6. The third-order valence-electron chi connectivity index (χ3n) is 3.03. The zero-order valence-electron chi connectivity index (χ0n) is 8.15. The van der Waals surface area contributed by atoms with Crippen LogP contribution in [0.15, 0.2) is 0 Å². The second-order valence-electron chi connectivity index (χ2n) is 3.84. The second-order valence-corrected chi connectivity index (χ2v) is 6.02. The number of nitrogens with zero attached hydrogens (tertiary/aromatic N) is 2. The highest BCUT2D eigenvalue weighted by Gasteiger charge is 2.55. The standard InChI is InChI=1S/C8H10N2O4S2/c11-5-3-1-15-7(13)9(3)6(12)4-2-16-8(14)10(4)5/h3-4,7-8,13-14H,1-2H2/t3-,4-,7?,8?/m0/s1. The Bertz CT molecular complexity index is 332. The van der Waals surface area contributed by atoms with E-state index in [9.17, 15) is 19.8 Å². The van der Waals surface area contributed by atoms with Crippen LogP contribution in [-0.4, -0.2) is 66.5 Å². The van der Waals surface area contributed by atoms with Gasteiger partial charge >= 0.3 is 0 Å². The van der Waals surface area contributed by atoms with Gasteiger partial charge in [0.05, 0.1) is 0 Å². The van der Waals surface area contributed by atoms with Gasteiger partial charge in [-0.25, -0.2) is 0 Å². The number of carbonyl (C=O) groups is 2. The van der Waals surface area contributed by atoms with Crippen molar-refractivity contribution in [2.24, 2.45) is 0 Å². The van der Waals surface area contributed by atoms with Crippen LogP contribution in [0.5, 0.6) is 0 Å². The molecule has 3 heterocycles. The number of rotatable bonds is 0. The Morgan fingerprint density at radius 3 is 1.69 bits per heavy atom. The van der Waals surface area contributed by atoms with E-state index < -0.39 is 23.2 Å². The molecule has 16 heavy (non-hydrogen) atoms. The van der Waals surface area contributed by atoms with E-state index in [0.717, 1.165) is 0 Å². The quantitative estimate of drug-likeness (QED) is 0.549. The summed E-state index contributed by atoms with van der Waals surface area (Å²) in [6.07, 6.45) is 0. The smallest absolute Gasteiger partial charge is 0.249 e. The Morgan fingerprint density at radius 2 is 1.31 bits per heavy atom. The van der Waals surface area contributed by atoms with E-state index in [1.54, 1.807) is 0 Å². The first kappa shape index (κ1) is 10.7. The number of fused-ring (bicyclic) bond motifs is 2. The van der Waals surface area contributed by atoms with Crippen LogP contribution >= 0.6 is 23.5 Å². The highest BCUT2D eigenvalue weighted by atomic mass is 32.2. The first-order valence-corrected chi connectivity index (χ1v) is 6.94. The monoisotopic (exact) mass is 262 g/mol. The van der Waals surface area contributed by atoms with Crippen molar-refractivity contribution in [2.75, 3.05) is 11.5 Å². The van der Waals surface area contributed by atoms with Crippen molar-refractivity contribution in [3.8, 4) is 0 Å². The molecule has 3 aliphatic heterocycles. The van der Waals surface area contributed by atoms with E-state index in [1.807, 2.05) is 0 Å². The highest BCUT2D eigenvalue weighted by molar-refractivity contribution is 8.00. The minimum absolute atomic E-state index is 0.258. The molecule has 4 atom stereocenters. The summed E-state index contributed by atoms with van der Waals surface area (Å²) in [5.74, 6) is 0.274. The largest absolute Gasteiger partial charge is 0.364 e. The molecule has 2 unspecified atom stereocenters. The molecule has 3 saturated heterocycles. The molecular weight excluding hydrogens is 252 g/mol. The van der Waals surface area contributed by atoms with Gasteiger partial charge < -0.3 is 10.2 Å². The number of aliphatic hydroxyl groups excluding tert-OH is 2. The molecule has 0 aromatic rings. The van der Waals surface area contributed by atoms with Crippen LogP contribution in [0.3, 0.4) is 0 Å². The van der Waals surface area contributed by atoms with Crippen molar-refractivity contribution in [3.05, 3.63) is 0 Å². The van der Waals surface area contributed by atoms with Crippen LogP contribution in [0.2, 0.25) is 0 Å². The van der Waals surface area contributed by atoms with Gasteiger partial charge in [0.2, 0.25) is 11.8 Å². The SMILES string of the molecule is O=C1[C@@H]2CSC(O)N2C(=O)[C@@H]2CSC(O)N12. The van der Waals surface area contributed by atoms with Crippen LogP contribution < -0.4 is 0 Å². The first-order chi connectivity index (χ1) is 7.61. The number of thioether (sulfide) groups is 2. The van der Waals surface area contributed by atoms with Gasteiger partial charge in [0.15, 0.2) is 11.1 Å². The zero-order chi connectivity index (χ0) is 11.4. The Hall–Kier alpha value is -0.440. The Labute approximate surface area is 100.0 Å². The van der Waals surface area contributed by atoms with Gasteiger partial charge in [-0.05, 0) is 0 Å². The number of hydrogen-bond donors (Lipinski definition) is 2. The maximum atomic E-state index is 12.0. The maximum absolute atomic E-state index is 12.0. The van der Waals surface area contributed by atoms with Crippen molar-refractivity contribution in [2.45, 2.75) is 23.2 Å². The fourth-order valence-corrected chi connectivity index (χ4v) is 4.37. The van der Waals surface area contributed by atoms with Crippen LogP contribution in [0, 0.1) is 0 Å². The average Bonchev–Trinajstić information content (AvgIpc) is 2.80. The summed E-state index contributed by atoms with van der Waals surface area (Å²) in [4.78, 5) is 26.5. The fourth-order valence-electron chi connectivity index (χ4n) is 2.23. The van der Waals surface area contributed by atoms with E-state index in [1.165, 1.54) is 33.3 Å². The third-order valence-corrected chi connectivity index (χ3v) is 5.10. The van der Waals surface area contributed by atoms with Crippen molar-refractivity contribution in [3.63, 3.8) is 0 Å². The number of carbonyl (C=O) groups excluding carboxylic acids is 2.